The molecule has 3 aromatic heterocycles. The zero-order chi connectivity index (χ0) is 18.1. The molecule has 1 fully saturated rings. The molecule has 1 amide bonds. The van der Waals surface area contributed by atoms with Crippen molar-refractivity contribution in [2.75, 3.05) is 18.0 Å². The van der Waals surface area contributed by atoms with Crippen LogP contribution >= 0.6 is 22.9 Å². The molecule has 1 N–H and O–H groups in total. The quantitative estimate of drug-likeness (QED) is 0.743. The zero-order valence-corrected chi connectivity index (χ0v) is 15.7. The van der Waals surface area contributed by atoms with Crippen LogP contribution in [-0.2, 0) is 7.05 Å². The fraction of sp³-hybridized carbons (Fsp3) is 0.294. The summed E-state index contributed by atoms with van der Waals surface area (Å²) in [6.07, 6.45) is 6.31. The van der Waals surface area contributed by atoms with Gasteiger partial charge in [0.25, 0.3) is 5.91 Å². The molecule has 0 aromatic carbocycles. The van der Waals surface area contributed by atoms with E-state index in [1.54, 1.807) is 29.2 Å². The van der Waals surface area contributed by atoms with Gasteiger partial charge in [-0.15, -0.1) is 11.3 Å². The second-order valence-electron chi connectivity index (χ2n) is 6.15. The summed E-state index contributed by atoms with van der Waals surface area (Å²) in [6, 6.07) is 5.42. The summed E-state index contributed by atoms with van der Waals surface area (Å²) < 4.78 is 2.36. The number of nitrogens with zero attached hydrogens (tertiary/aromatic N) is 5. The average Bonchev–Trinajstić information content (AvgIpc) is 3.36. The van der Waals surface area contributed by atoms with E-state index in [1.807, 2.05) is 19.3 Å². The van der Waals surface area contributed by atoms with E-state index in [4.69, 9.17) is 11.6 Å². The van der Waals surface area contributed by atoms with Crippen LogP contribution in [0.3, 0.4) is 0 Å². The molecular formula is C17H17ClN6OS. The van der Waals surface area contributed by atoms with E-state index in [2.05, 4.69) is 25.3 Å². The summed E-state index contributed by atoms with van der Waals surface area (Å²) in [4.78, 5) is 24.0. The number of anilines is 1. The maximum atomic E-state index is 12.3. The van der Waals surface area contributed by atoms with Crippen LogP contribution in [0, 0.1) is 0 Å². The van der Waals surface area contributed by atoms with Crippen molar-refractivity contribution < 1.29 is 4.79 Å². The fourth-order valence-electron chi connectivity index (χ4n) is 2.97. The number of aryl methyl sites for hydroxylation is 1. The lowest BCUT2D eigenvalue weighted by Crippen LogP contribution is -2.37. The predicted molar refractivity (Wildman–Crippen MR) is 102 cm³/mol. The molecule has 26 heavy (non-hydrogen) atoms. The highest BCUT2D eigenvalue weighted by Crippen LogP contribution is 2.23. The normalized spacial score (nSPS) is 16.8. The van der Waals surface area contributed by atoms with Gasteiger partial charge in [0.15, 0.2) is 0 Å². The highest BCUT2D eigenvalue weighted by Gasteiger charge is 2.26. The van der Waals surface area contributed by atoms with Crippen LogP contribution in [0.2, 0.25) is 4.34 Å². The molecule has 0 spiro atoms. The Morgan fingerprint density at radius 2 is 2.27 bits per heavy atom. The standard InChI is InChI=1S/C17H17ClN6OS/c1-23-9-11(8-20-23)13-4-6-19-17(22-13)24-7-5-12(10-24)21-16(25)14-2-3-15(18)26-14/h2-4,6,8-9,12H,5,7,10H2,1H3,(H,21,25). The molecule has 1 atom stereocenters. The lowest BCUT2D eigenvalue weighted by atomic mass is 10.2. The van der Waals surface area contributed by atoms with E-state index in [0.29, 0.717) is 21.7 Å². The highest BCUT2D eigenvalue weighted by molar-refractivity contribution is 7.18. The zero-order valence-electron chi connectivity index (χ0n) is 14.1. The van der Waals surface area contributed by atoms with E-state index in [1.165, 1.54) is 11.3 Å². The maximum absolute atomic E-state index is 12.3. The highest BCUT2D eigenvalue weighted by atomic mass is 35.5. The van der Waals surface area contributed by atoms with Gasteiger partial charge in [-0.05, 0) is 24.6 Å². The van der Waals surface area contributed by atoms with Gasteiger partial charge in [0, 0.05) is 44.1 Å². The Morgan fingerprint density at radius 1 is 1.38 bits per heavy atom. The van der Waals surface area contributed by atoms with Crippen molar-refractivity contribution >= 4 is 34.8 Å². The van der Waals surface area contributed by atoms with Crippen molar-refractivity contribution in [3.05, 3.63) is 46.0 Å². The summed E-state index contributed by atoms with van der Waals surface area (Å²) in [5.74, 6) is 0.584. The van der Waals surface area contributed by atoms with Crippen LogP contribution in [0.4, 0.5) is 5.95 Å². The molecule has 0 saturated carbocycles. The third kappa shape index (κ3) is 3.56. The third-order valence-electron chi connectivity index (χ3n) is 4.25. The molecule has 0 radical (unpaired) electrons. The lowest BCUT2D eigenvalue weighted by molar-refractivity contribution is 0.0944. The van der Waals surface area contributed by atoms with Crippen LogP contribution < -0.4 is 10.2 Å². The molecule has 0 bridgehead atoms. The smallest absolute Gasteiger partial charge is 0.261 e. The van der Waals surface area contributed by atoms with E-state index in [-0.39, 0.29) is 11.9 Å². The van der Waals surface area contributed by atoms with Gasteiger partial charge in [0.05, 0.1) is 21.1 Å². The molecule has 9 heteroatoms. The van der Waals surface area contributed by atoms with Crippen LogP contribution in [0.25, 0.3) is 11.3 Å². The molecule has 7 nitrogen and oxygen atoms in total. The number of thiophene rings is 1. The molecular weight excluding hydrogens is 372 g/mol. The number of carbonyl (C=O) groups is 1. The summed E-state index contributed by atoms with van der Waals surface area (Å²) in [5, 5.41) is 7.24. The summed E-state index contributed by atoms with van der Waals surface area (Å²) in [5.41, 5.74) is 1.79. The van der Waals surface area contributed by atoms with Gasteiger partial charge in [-0.3, -0.25) is 9.48 Å². The molecule has 4 rings (SSSR count). The van der Waals surface area contributed by atoms with E-state index < -0.39 is 0 Å². The average molecular weight is 389 g/mol. The molecule has 1 aliphatic heterocycles. The first-order chi connectivity index (χ1) is 12.6. The van der Waals surface area contributed by atoms with Crippen LogP contribution in [0.5, 0.6) is 0 Å². The van der Waals surface area contributed by atoms with Crippen molar-refractivity contribution in [1.29, 1.82) is 0 Å². The number of rotatable bonds is 4. The second-order valence-corrected chi connectivity index (χ2v) is 7.87. The summed E-state index contributed by atoms with van der Waals surface area (Å²) in [6.45, 7) is 1.48. The summed E-state index contributed by atoms with van der Waals surface area (Å²) >= 11 is 7.18. The number of halogens is 1. The molecule has 0 aliphatic carbocycles. The van der Waals surface area contributed by atoms with E-state index >= 15 is 0 Å². The maximum Gasteiger partial charge on any atom is 0.261 e. The Labute approximate surface area is 159 Å². The minimum Gasteiger partial charge on any atom is -0.347 e. The minimum atomic E-state index is -0.0845. The first-order valence-corrected chi connectivity index (χ1v) is 9.41. The van der Waals surface area contributed by atoms with Crippen molar-refractivity contribution in [2.24, 2.45) is 7.05 Å². The Bertz CT molecular complexity index is 939. The van der Waals surface area contributed by atoms with Crippen molar-refractivity contribution in [3.63, 3.8) is 0 Å². The largest absolute Gasteiger partial charge is 0.347 e. The Balaban J connectivity index is 1.43. The number of aromatic nitrogens is 4. The lowest BCUT2D eigenvalue weighted by Gasteiger charge is -2.17. The number of hydrogen-bond donors (Lipinski definition) is 1. The monoisotopic (exact) mass is 388 g/mol. The Hall–Kier alpha value is -2.45. The molecule has 1 unspecified atom stereocenters. The van der Waals surface area contributed by atoms with Gasteiger partial charge in [-0.25, -0.2) is 9.97 Å². The van der Waals surface area contributed by atoms with Crippen molar-refractivity contribution in [2.45, 2.75) is 12.5 Å². The number of hydrogen-bond acceptors (Lipinski definition) is 6. The van der Waals surface area contributed by atoms with Gasteiger partial charge in [-0.2, -0.15) is 5.10 Å². The SMILES string of the molecule is Cn1cc(-c2ccnc(N3CCC(NC(=O)c4ccc(Cl)s4)C3)n2)cn1. The van der Waals surface area contributed by atoms with Gasteiger partial charge >= 0.3 is 0 Å². The Morgan fingerprint density at radius 3 is 3.00 bits per heavy atom. The minimum absolute atomic E-state index is 0.0639. The molecule has 134 valence electrons. The van der Waals surface area contributed by atoms with Crippen LogP contribution in [0.1, 0.15) is 16.1 Å². The summed E-state index contributed by atoms with van der Waals surface area (Å²) in [7, 11) is 1.88. The van der Waals surface area contributed by atoms with E-state index in [9.17, 15) is 4.79 Å². The second kappa shape index (κ2) is 7.05. The van der Waals surface area contributed by atoms with Crippen molar-refractivity contribution in [3.8, 4) is 11.3 Å². The van der Waals surface area contributed by atoms with Crippen LogP contribution in [-0.4, -0.2) is 44.8 Å². The molecule has 3 aromatic rings. The number of nitrogens with one attached hydrogen (secondary N) is 1. The van der Waals surface area contributed by atoms with E-state index in [0.717, 1.165) is 24.2 Å². The van der Waals surface area contributed by atoms with Gasteiger partial charge in [-0.1, -0.05) is 11.6 Å². The molecule has 4 heterocycles. The molecule has 1 aliphatic rings. The predicted octanol–water partition coefficient (Wildman–Crippen LogP) is 2.60. The topological polar surface area (TPSA) is 75.9 Å². The molecule has 1 saturated heterocycles. The number of carbonyl (C=O) groups excluding carboxylic acids is 1. The Kier molecular flexibility index (Phi) is 4.60. The van der Waals surface area contributed by atoms with Crippen molar-refractivity contribution in [1.82, 2.24) is 25.1 Å². The van der Waals surface area contributed by atoms with Crippen LogP contribution in [0.15, 0.2) is 36.8 Å². The third-order valence-corrected chi connectivity index (χ3v) is 5.48. The van der Waals surface area contributed by atoms with Gasteiger partial charge < -0.3 is 10.2 Å². The first kappa shape index (κ1) is 17.0. The van der Waals surface area contributed by atoms with Gasteiger partial charge in [0.1, 0.15) is 0 Å². The fourth-order valence-corrected chi connectivity index (χ4v) is 3.91. The number of amides is 1. The first-order valence-electron chi connectivity index (χ1n) is 8.22. The van der Waals surface area contributed by atoms with Gasteiger partial charge in [0.2, 0.25) is 5.95 Å².